The van der Waals surface area contributed by atoms with Gasteiger partial charge in [-0.2, -0.15) is 4.98 Å². The van der Waals surface area contributed by atoms with Crippen molar-refractivity contribution >= 4 is 17.7 Å². The van der Waals surface area contributed by atoms with Crippen LogP contribution in [0.25, 0.3) is 0 Å². The lowest BCUT2D eigenvalue weighted by Crippen LogP contribution is -2.29. The highest BCUT2D eigenvalue weighted by atomic mass is 19.1. The van der Waals surface area contributed by atoms with Crippen molar-refractivity contribution in [2.24, 2.45) is 0 Å². The van der Waals surface area contributed by atoms with E-state index in [2.05, 4.69) is 25.3 Å². The Labute approximate surface area is 111 Å². The van der Waals surface area contributed by atoms with Gasteiger partial charge in [0.2, 0.25) is 6.39 Å². The maximum Gasteiger partial charge on any atom is 0.340 e. The first-order valence-corrected chi connectivity index (χ1v) is 5.40. The molecule has 0 aliphatic rings. The van der Waals surface area contributed by atoms with Crippen LogP contribution in [0.5, 0.6) is 0 Å². The molecule has 0 unspecified atom stereocenters. The van der Waals surface area contributed by atoms with E-state index in [-0.39, 0.29) is 18.1 Å². The van der Waals surface area contributed by atoms with Crippen molar-refractivity contribution in [3.8, 4) is 0 Å². The molecular weight excluding hydrogens is 271 g/mol. The van der Waals surface area contributed by atoms with Crippen LogP contribution < -0.4 is 10.6 Å². The van der Waals surface area contributed by atoms with E-state index in [0.29, 0.717) is 0 Å². The topological polar surface area (TPSA) is 117 Å². The molecule has 2 aromatic rings. The van der Waals surface area contributed by atoms with Crippen molar-refractivity contribution < 1.29 is 23.6 Å². The third-order valence-corrected chi connectivity index (χ3v) is 2.29. The molecule has 20 heavy (non-hydrogen) atoms. The summed E-state index contributed by atoms with van der Waals surface area (Å²) in [6, 6.07) is 2.84. The predicted molar refractivity (Wildman–Crippen MR) is 63.5 cm³/mol. The van der Waals surface area contributed by atoms with Crippen LogP contribution in [0.4, 0.5) is 14.9 Å². The van der Waals surface area contributed by atoms with E-state index in [0.717, 1.165) is 12.5 Å². The molecule has 2 rings (SSSR count). The number of carboxylic acid groups (broad SMARTS) is 1. The molecule has 1 aromatic heterocycles. The van der Waals surface area contributed by atoms with Gasteiger partial charge in [0.1, 0.15) is 11.4 Å². The van der Waals surface area contributed by atoms with Gasteiger partial charge in [-0.1, -0.05) is 11.2 Å². The van der Waals surface area contributed by atoms with E-state index in [1.54, 1.807) is 0 Å². The Kier molecular flexibility index (Phi) is 3.89. The molecule has 0 fully saturated rings. The zero-order chi connectivity index (χ0) is 14.5. The Bertz CT molecular complexity index is 629. The van der Waals surface area contributed by atoms with Crippen LogP contribution in [0.15, 0.2) is 29.1 Å². The molecule has 1 aromatic carbocycles. The number of urea groups is 1. The fourth-order valence-corrected chi connectivity index (χ4v) is 1.44. The summed E-state index contributed by atoms with van der Waals surface area (Å²) in [5, 5.41) is 17.0. The van der Waals surface area contributed by atoms with Crippen molar-refractivity contribution in [2.75, 3.05) is 5.32 Å². The highest BCUT2D eigenvalue weighted by molar-refractivity contribution is 6.00. The zero-order valence-corrected chi connectivity index (χ0v) is 9.96. The number of aromatic nitrogens is 2. The summed E-state index contributed by atoms with van der Waals surface area (Å²) in [6.07, 6.45) is 1.10. The summed E-state index contributed by atoms with van der Waals surface area (Å²) < 4.78 is 17.8. The summed E-state index contributed by atoms with van der Waals surface area (Å²) in [4.78, 5) is 26.2. The summed E-state index contributed by atoms with van der Waals surface area (Å²) in [6.45, 7) is -0.0138. The minimum Gasteiger partial charge on any atom is -0.478 e. The van der Waals surface area contributed by atoms with Gasteiger partial charge in [0.05, 0.1) is 12.2 Å². The summed E-state index contributed by atoms with van der Waals surface area (Å²) >= 11 is 0. The van der Waals surface area contributed by atoms with Crippen molar-refractivity contribution in [2.45, 2.75) is 6.54 Å². The molecule has 0 aliphatic heterocycles. The van der Waals surface area contributed by atoms with Crippen molar-refractivity contribution in [3.63, 3.8) is 0 Å². The molecule has 3 N–H and O–H groups in total. The van der Waals surface area contributed by atoms with Gasteiger partial charge in [-0.05, 0) is 12.1 Å². The van der Waals surface area contributed by atoms with Crippen LogP contribution in [0, 0.1) is 5.82 Å². The van der Waals surface area contributed by atoms with Gasteiger partial charge < -0.3 is 20.3 Å². The molecule has 0 atom stereocenters. The van der Waals surface area contributed by atoms with E-state index in [1.165, 1.54) is 12.1 Å². The third-order valence-electron chi connectivity index (χ3n) is 2.29. The highest BCUT2D eigenvalue weighted by Gasteiger charge is 2.17. The Balaban J connectivity index is 2.04. The van der Waals surface area contributed by atoms with Gasteiger partial charge in [-0.3, -0.25) is 0 Å². The van der Waals surface area contributed by atoms with Crippen LogP contribution in [0.1, 0.15) is 16.2 Å². The number of carbonyl (C=O) groups is 2. The summed E-state index contributed by atoms with van der Waals surface area (Å²) in [5.41, 5.74) is -0.759. The lowest BCUT2D eigenvalue weighted by molar-refractivity contribution is 0.0693. The Morgan fingerprint density at radius 3 is 2.85 bits per heavy atom. The normalized spacial score (nSPS) is 10.1. The largest absolute Gasteiger partial charge is 0.478 e. The number of aromatic carboxylic acids is 1. The summed E-state index contributed by atoms with van der Waals surface area (Å²) in [7, 11) is 0. The molecule has 8 nitrogen and oxygen atoms in total. The van der Waals surface area contributed by atoms with Gasteiger partial charge in [-0.25, -0.2) is 14.0 Å². The van der Waals surface area contributed by atoms with Gasteiger partial charge in [-0.15, -0.1) is 0 Å². The highest BCUT2D eigenvalue weighted by Crippen LogP contribution is 2.18. The first-order chi connectivity index (χ1) is 9.58. The quantitative estimate of drug-likeness (QED) is 0.775. The summed E-state index contributed by atoms with van der Waals surface area (Å²) in [5.74, 6) is -2.16. The first-order valence-electron chi connectivity index (χ1n) is 5.40. The Morgan fingerprint density at radius 2 is 2.20 bits per heavy atom. The third kappa shape index (κ3) is 3.07. The number of anilines is 1. The van der Waals surface area contributed by atoms with Gasteiger partial charge in [0, 0.05) is 0 Å². The second-order valence-electron chi connectivity index (χ2n) is 3.62. The van der Waals surface area contributed by atoms with Crippen LogP contribution in [-0.2, 0) is 6.54 Å². The van der Waals surface area contributed by atoms with Crippen molar-refractivity contribution in [1.29, 1.82) is 0 Å². The van der Waals surface area contributed by atoms with Gasteiger partial charge in [0.25, 0.3) is 0 Å². The molecule has 0 aliphatic carbocycles. The molecule has 0 radical (unpaired) electrons. The second kappa shape index (κ2) is 5.78. The first kappa shape index (κ1) is 13.5. The number of carboxylic acids is 1. The minimum absolute atomic E-state index is 0.0138. The SMILES string of the molecule is O=C(NCc1ncon1)Nc1cccc(F)c1C(=O)O. The molecule has 9 heteroatoms. The minimum atomic E-state index is -1.48. The molecule has 0 saturated heterocycles. The number of benzene rings is 1. The number of amides is 2. The van der Waals surface area contributed by atoms with Gasteiger partial charge >= 0.3 is 12.0 Å². The molecule has 0 bridgehead atoms. The number of carbonyl (C=O) groups excluding carboxylic acids is 1. The van der Waals surface area contributed by atoms with E-state index < -0.39 is 23.4 Å². The van der Waals surface area contributed by atoms with Gasteiger partial charge in [0.15, 0.2) is 5.82 Å². The van der Waals surface area contributed by atoms with Crippen LogP contribution in [-0.4, -0.2) is 27.2 Å². The number of halogens is 1. The number of hydrogen-bond donors (Lipinski definition) is 3. The molecule has 0 saturated carbocycles. The van der Waals surface area contributed by atoms with E-state index in [9.17, 15) is 14.0 Å². The Morgan fingerprint density at radius 1 is 1.40 bits per heavy atom. The monoisotopic (exact) mass is 280 g/mol. The van der Waals surface area contributed by atoms with Crippen LogP contribution in [0.2, 0.25) is 0 Å². The maximum atomic E-state index is 13.4. The van der Waals surface area contributed by atoms with Crippen LogP contribution >= 0.6 is 0 Å². The average Bonchev–Trinajstić information content (AvgIpc) is 2.89. The fraction of sp³-hybridized carbons (Fsp3) is 0.0909. The second-order valence-corrected chi connectivity index (χ2v) is 3.62. The number of rotatable bonds is 4. The van der Waals surface area contributed by atoms with Crippen LogP contribution in [0.3, 0.4) is 0 Å². The number of hydrogen-bond acceptors (Lipinski definition) is 5. The van der Waals surface area contributed by atoms with Crippen molar-refractivity contribution in [3.05, 3.63) is 41.8 Å². The van der Waals surface area contributed by atoms with E-state index >= 15 is 0 Å². The lowest BCUT2D eigenvalue weighted by Gasteiger charge is -2.09. The zero-order valence-electron chi connectivity index (χ0n) is 9.96. The molecular formula is C11H9FN4O4. The Hall–Kier alpha value is -2.97. The molecule has 2 amide bonds. The molecule has 104 valence electrons. The van der Waals surface area contributed by atoms with Crippen molar-refractivity contribution in [1.82, 2.24) is 15.5 Å². The smallest absolute Gasteiger partial charge is 0.340 e. The number of nitrogens with one attached hydrogen (secondary N) is 2. The average molecular weight is 280 g/mol. The standard InChI is InChI=1S/C11H9FN4O4/c12-6-2-1-3-7(9(6)10(17)18)15-11(19)13-4-8-14-5-20-16-8/h1-3,5H,4H2,(H,17,18)(H2,13,15,19). The van der Waals surface area contributed by atoms with E-state index in [1.807, 2.05) is 0 Å². The maximum absolute atomic E-state index is 13.4. The molecule has 0 spiro atoms. The number of nitrogens with zero attached hydrogens (tertiary/aromatic N) is 2. The lowest BCUT2D eigenvalue weighted by atomic mass is 10.1. The fourth-order valence-electron chi connectivity index (χ4n) is 1.44. The predicted octanol–water partition coefficient (Wildman–Crippen LogP) is 1.23. The molecule has 1 heterocycles. The van der Waals surface area contributed by atoms with E-state index in [4.69, 9.17) is 5.11 Å².